The lowest BCUT2D eigenvalue weighted by molar-refractivity contribution is 0.663. The van der Waals surface area contributed by atoms with Crippen molar-refractivity contribution in [3.63, 3.8) is 0 Å². The number of hydrogen-bond donors (Lipinski definition) is 0. The van der Waals surface area contributed by atoms with Gasteiger partial charge in [-0.15, -0.1) is 0 Å². The Bertz CT molecular complexity index is 2810. The Morgan fingerprint density at radius 1 is 0.455 bits per heavy atom. The molecule has 0 N–H and O–H groups in total. The van der Waals surface area contributed by atoms with Gasteiger partial charge in [0.25, 0.3) is 0 Å². The Balaban J connectivity index is 1.03. The third-order valence-corrected chi connectivity index (χ3v) is 11.3. The van der Waals surface area contributed by atoms with E-state index in [9.17, 15) is 0 Å². The molecule has 0 atom stereocenters. The third kappa shape index (κ3) is 5.57. The van der Waals surface area contributed by atoms with Gasteiger partial charge in [-0.1, -0.05) is 159 Å². The van der Waals surface area contributed by atoms with Crippen molar-refractivity contribution in [3.05, 3.63) is 216 Å². The van der Waals surface area contributed by atoms with Gasteiger partial charge in [-0.05, 0) is 105 Å². The number of anilines is 3. The third-order valence-electron chi connectivity index (χ3n) is 11.3. The Morgan fingerprint density at radius 3 is 1.69 bits per heavy atom. The average Bonchev–Trinajstić information content (AvgIpc) is 3.69. The zero-order valence-corrected chi connectivity index (χ0v) is 31.0. The molecule has 2 nitrogen and oxygen atoms in total. The van der Waals surface area contributed by atoms with E-state index in [0.29, 0.717) is 0 Å². The number of nitrogens with zero attached hydrogens (tertiary/aromatic N) is 2. The molecule has 0 radical (unpaired) electrons. The molecule has 0 unspecified atom stereocenters. The molecule has 0 fully saturated rings. The van der Waals surface area contributed by atoms with Crippen LogP contribution in [0.2, 0.25) is 0 Å². The first-order chi connectivity index (χ1) is 27.0. The van der Waals surface area contributed by atoms with Crippen LogP contribution in [0.1, 0.15) is 36.1 Å². The summed E-state index contributed by atoms with van der Waals surface area (Å²) in [5.74, 6) is 0. The van der Waals surface area contributed by atoms with Crippen molar-refractivity contribution in [2.24, 2.45) is 0 Å². The van der Waals surface area contributed by atoms with Crippen LogP contribution in [-0.2, 0) is 5.41 Å². The maximum Gasteiger partial charge on any atom is 0.0588 e. The van der Waals surface area contributed by atoms with Gasteiger partial charge in [-0.2, -0.15) is 0 Å². The van der Waals surface area contributed by atoms with Crippen LogP contribution in [0, 0.1) is 0 Å². The molecule has 0 saturated carbocycles. The molecule has 262 valence electrons. The van der Waals surface area contributed by atoms with Crippen LogP contribution in [0.3, 0.4) is 0 Å². The minimum atomic E-state index is -0.211. The number of benzene rings is 8. The van der Waals surface area contributed by atoms with Gasteiger partial charge in [0.2, 0.25) is 0 Å². The molecule has 0 amide bonds. The Labute approximate surface area is 322 Å². The maximum atomic E-state index is 2.49. The summed E-state index contributed by atoms with van der Waals surface area (Å²) >= 11 is 0. The molecule has 2 heteroatoms. The summed E-state index contributed by atoms with van der Waals surface area (Å²) in [5, 5.41) is 2.57. The highest BCUT2D eigenvalue weighted by molar-refractivity contribution is 6.14. The second-order valence-corrected chi connectivity index (χ2v) is 15.0. The van der Waals surface area contributed by atoms with Crippen LogP contribution in [-0.4, -0.2) is 4.57 Å². The van der Waals surface area contributed by atoms with Crippen LogP contribution in [0.25, 0.3) is 61.9 Å². The Hall–Kier alpha value is -6.90. The van der Waals surface area contributed by atoms with Crippen LogP contribution < -0.4 is 4.90 Å². The minimum Gasteiger partial charge on any atom is -0.311 e. The van der Waals surface area contributed by atoms with E-state index >= 15 is 0 Å². The fourth-order valence-corrected chi connectivity index (χ4v) is 8.70. The fraction of sp³-hybridized carbons (Fsp3) is 0.0566. The fourth-order valence-electron chi connectivity index (χ4n) is 8.70. The standard InChI is InChI=1S/C53H40N2/c1-53(2)49-35-38(24-23-37-25-29-44(30-26-37)54(41-17-9-4-10-18-41)42-19-11-5-12-20-42)27-31-45(49)46-32-33-47-48-36-40(39-15-7-3-8-16-39)28-34-50(48)55(52(47)51(46)53)43-21-13-6-14-22-43/h3-36H,1-2H3/b24-23+. The zero-order valence-electron chi connectivity index (χ0n) is 31.0. The lowest BCUT2D eigenvalue weighted by Crippen LogP contribution is -2.16. The van der Waals surface area contributed by atoms with Crippen molar-refractivity contribution in [1.82, 2.24) is 4.57 Å². The van der Waals surface area contributed by atoms with Gasteiger partial charge in [0.05, 0.1) is 11.0 Å². The van der Waals surface area contributed by atoms with Gasteiger partial charge < -0.3 is 9.47 Å². The number of para-hydroxylation sites is 3. The van der Waals surface area contributed by atoms with Crippen molar-refractivity contribution >= 4 is 51.0 Å². The number of aromatic nitrogens is 1. The summed E-state index contributed by atoms with van der Waals surface area (Å²) in [6.45, 7) is 4.80. The van der Waals surface area contributed by atoms with Crippen molar-refractivity contribution < 1.29 is 0 Å². The van der Waals surface area contributed by atoms with Crippen molar-refractivity contribution in [2.45, 2.75) is 19.3 Å². The van der Waals surface area contributed by atoms with Crippen LogP contribution in [0.4, 0.5) is 17.1 Å². The lowest BCUT2D eigenvalue weighted by atomic mass is 9.81. The molecule has 1 aliphatic carbocycles. The van der Waals surface area contributed by atoms with Gasteiger partial charge in [-0.25, -0.2) is 0 Å². The summed E-state index contributed by atoms with van der Waals surface area (Å²) in [7, 11) is 0. The van der Waals surface area contributed by atoms with E-state index in [1.807, 2.05) is 0 Å². The topological polar surface area (TPSA) is 8.17 Å². The van der Waals surface area contributed by atoms with E-state index in [-0.39, 0.29) is 5.41 Å². The second kappa shape index (κ2) is 13.2. The summed E-state index contributed by atoms with van der Waals surface area (Å²) in [4.78, 5) is 2.30. The van der Waals surface area contributed by atoms with E-state index in [4.69, 9.17) is 0 Å². The molecule has 8 aromatic carbocycles. The van der Waals surface area contributed by atoms with E-state index in [0.717, 1.165) is 22.6 Å². The highest BCUT2D eigenvalue weighted by atomic mass is 15.1. The molecular weight excluding hydrogens is 665 g/mol. The molecule has 10 rings (SSSR count). The Morgan fingerprint density at radius 2 is 1.02 bits per heavy atom. The number of rotatable bonds is 7. The monoisotopic (exact) mass is 704 g/mol. The van der Waals surface area contributed by atoms with E-state index in [1.165, 1.54) is 66.4 Å². The summed E-state index contributed by atoms with van der Waals surface area (Å²) < 4.78 is 2.49. The maximum absolute atomic E-state index is 2.49. The molecule has 0 bridgehead atoms. The lowest BCUT2D eigenvalue weighted by Gasteiger charge is -2.25. The predicted molar refractivity (Wildman–Crippen MR) is 234 cm³/mol. The smallest absolute Gasteiger partial charge is 0.0588 e. The van der Waals surface area contributed by atoms with E-state index in [2.05, 4.69) is 230 Å². The van der Waals surface area contributed by atoms with Crippen molar-refractivity contribution in [3.8, 4) is 27.9 Å². The predicted octanol–water partition coefficient (Wildman–Crippen LogP) is 14.4. The largest absolute Gasteiger partial charge is 0.311 e. The molecule has 1 aromatic heterocycles. The molecule has 0 aliphatic heterocycles. The molecule has 55 heavy (non-hydrogen) atoms. The summed E-state index contributed by atoms with van der Waals surface area (Å²) in [5.41, 5.74) is 17.1. The van der Waals surface area contributed by atoms with Gasteiger partial charge in [0, 0.05) is 38.9 Å². The van der Waals surface area contributed by atoms with Gasteiger partial charge >= 0.3 is 0 Å². The molecular formula is C53H40N2. The molecule has 0 saturated heterocycles. The second-order valence-electron chi connectivity index (χ2n) is 15.0. The van der Waals surface area contributed by atoms with Crippen LogP contribution >= 0.6 is 0 Å². The highest BCUT2D eigenvalue weighted by Gasteiger charge is 2.38. The molecule has 1 heterocycles. The average molecular weight is 705 g/mol. The first-order valence-corrected chi connectivity index (χ1v) is 19.1. The first-order valence-electron chi connectivity index (χ1n) is 19.1. The van der Waals surface area contributed by atoms with Crippen molar-refractivity contribution in [1.29, 1.82) is 0 Å². The summed E-state index contributed by atoms with van der Waals surface area (Å²) in [6, 6.07) is 70.2. The number of hydrogen-bond acceptors (Lipinski definition) is 1. The first kappa shape index (κ1) is 32.7. The molecule has 0 spiro atoms. The van der Waals surface area contributed by atoms with Crippen LogP contribution in [0.15, 0.2) is 194 Å². The van der Waals surface area contributed by atoms with Gasteiger partial charge in [0.15, 0.2) is 0 Å². The minimum absolute atomic E-state index is 0.211. The quantitative estimate of drug-likeness (QED) is 0.150. The summed E-state index contributed by atoms with van der Waals surface area (Å²) in [6.07, 6.45) is 4.48. The van der Waals surface area contributed by atoms with Crippen LogP contribution in [0.5, 0.6) is 0 Å². The molecule has 1 aliphatic rings. The van der Waals surface area contributed by atoms with Crippen molar-refractivity contribution in [2.75, 3.05) is 4.90 Å². The van der Waals surface area contributed by atoms with Gasteiger partial charge in [0.1, 0.15) is 0 Å². The van der Waals surface area contributed by atoms with Gasteiger partial charge in [-0.3, -0.25) is 0 Å². The SMILES string of the molecule is CC1(C)c2cc(/C=C/c3ccc(N(c4ccccc4)c4ccccc4)cc3)ccc2-c2ccc3c4cc(-c5ccccc5)ccc4n(-c4ccccc4)c3c21. The number of fused-ring (bicyclic) bond motifs is 7. The highest BCUT2D eigenvalue weighted by Crippen LogP contribution is 2.53. The molecule has 9 aromatic rings. The zero-order chi connectivity index (χ0) is 36.9. The van der Waals surface area contributed by atoms with E-state index in [1.54, 1.807) is 0 Å². The Kier molecular flexibility index (Phi) is 7.85. The normalized spacial score (nSPS) is 13.0. The van der Waals surface area contributed by atoms with E-state index < -0.39 is 0 Å².